The van der Waals surface area contributed by atoms with E-state index in [1.807, 2.05) is 17.0 Å². The summed E-state index contributed by atoms with van der Waals surface area (Å²) in [7, 11) is 0. The Bertz CT molecular complexity index is 1060. The van der Waals surface area contributed by atoms with Gasteiger partial charge in [0.15, 0.2) is 5.11 Å². The van der Waals surface area contributed by atoms with E-state index in [0.717, 1.165) is 6.42 Å². The summed E-state index contributed by atoms with van der Waals surface area (Å²) >= 11 is 5.70. The first-order valence-corrected chi connectivity index (χ1v) is 8.93. The van der Waals surface area contributed by atoms with Gasteiger partial charge in [-0.1, -0.05) is 24.8 Å². The SMILES string of the molecule is [C-]#[N+]c1ccccc1N1C(=S)N(c2cnc([N+]#[C-])c(C)c2)C(=O)C12CCC2. The number of hydrogen-bond acceptors (Lipinski definition) is 3. The van der Waals surface area contributed by atoms with E-state index in [0.29, 0.717) is 46.4 Å². The summed E-state index contributed by atoms with van der Waals surface area (Å²) in [6.45, 7) is 16.4. The molecule has 0 unspecified atom stereocenters. The first kappa shape index (κ1) is 17.1. The van der Waals surface area contributed by atoms with Crippen molar-refractivity contribution in [1.82, 2.24) is 4.98 Å². The van der Waals surface area contributed by atoms with E-state index < -0.39 is 5.54 Å². The highest BCUT2D eigenvalue weighted by molar-refractivity contribution is 7.81. The predicted molar refractivity (Wildman–Crippen MR) is 107 cm³/mol. The minimum Gasteiger partial charge on any atom is -0.360 e. The Labute approximate surface area is 162 Å². The zero-order chi connectivity index (χ0) is 19.2. The van der Waals surface area contributed by atoms with E-state index in [-0.39, 0.29) is 5.91 Å². The van der Waals surface area contributed by atoms with Gasteiger partial charge in [0.2, 0.25) is 5.69 Å². The standard InChI is InChI=1S/C20H15N5OS/c1-13-11-14(12-23-17(13)22-3)24-18(26)20(9-6-10-20)25(19(24)27)16-8-5-4-7-15(16)21-2/h4-5,7-8,11-12H,6,9-10H2,1H3. The van der Waals surface area contributed by atoms with Crippen LogP contribution in [0.25, 0.3) is 9.69 Å². The van der Waals surface area contributed by atoms with Crippen LogP contribution >= 0.6 is 12.2 Å². The maximum absolute atomic E-state index is 13.4. The summed E-state index contributed by atoms with van der Waals surface area (Å²) in [6.07, 6.45) is 3.84. The summed E-state index contributed by atoms with van der Waals surface area (Å²) in [5, 5.41) is 0.354. The van der Waals surface area contributed by atoms with Gasteiger partial charge in [0, 0.05) is 0 Å². The largest absolute Gasteiger partial charge is 0.360 e. The molecule has 1 aromatic carbocycles. The van der Waals surface area contributed by atoms with Crippen molar-refractivity contribution in [2.24, 2.45) is 0 Å². The number of para-hydroxylation sites is 2. The molecule has 2 aromatic rings. The molecule has 1 amide bonds. The average molecular weight is 373 g/mol. The monoisotopic (exact) mass is 373 g/mol. The number of aromatic nitrogens is 1. The Morgan fingerprint density at radius 2 is 1.96 bits per heavy atom. The minimum absolute atomic E-state index is 0.0877. The molecule has 1 aliphatic carbocycles. The summed E-state index contributed by atoms with van der Waals surface area (Å²) in [4.78, 5) is 27.9. The molecule has 6 nitrogen and oxygen atoms in total. The van der Waals surface area contributed by atoms with Crippen molar-refractivity contribution in [3.8, 4) is 0 Å². The molecule has 0 bridgehead atoms. The first-order valence-electron chi connectivity index (χ1n) is 8.53. The number of carbonyl (C=O) groups excluding carboxylic acids is 1. The Kier molecular flexibility index (Phi) is 3.91. The molecule has 2 aliphatic rings. The molecule has 1 saturated carbocycles. The zero-order valence-electron chi connectivity index (χ0n) is 14.6. The Balaban J connectivity index is 1.85. The second-order valence-electron chi connectivity index (χ2n) is 6.69. The molecular weight excluding hydrogens is 358 g/mol. The molecule has 132 valence electrons. The third-order valence-electron chi connectivity index (χ3n) is 5.24. The molecule has 4 rings (SSSR count). The van der Waals surface area contributed by atoms with Crippen molar-refractivity contribution < 1.29 is 4.79 Å². The van der Waals surface area contributed by atoms with E-state index in [9.17, 15) is 4.79 Å². The van der Waals surface area contributed by atoms with E-state index in [4.69, 9.17) is 25.4 Å². The van der Waals surface area contributed by atoms with Gasteiger partial charge in [-0.2, -0.15) is 0 Å². The Morgan fingerprint density at radius 1 is 1.22 bits per heavy atom. The summed E-state index contributed by atoms with van der Waals surface area (Å²) in [6, 6.07) is 8.99. The highest BCUT2D eigenvalue weighted by atomic mass is 32.1. The van der Waals surface area contributed by atoms with Crippen molar-refractivity contribution in [2.45, 2.75) is 31.7 Å². The second-order valence-corrected chi connectivity index (χ2v) is 7.06. The lowest BCUT2D eigenvalue weighted by molar-refractivity contribution is -0.123. The third-order valence-corrected chi connectivity index (χ3v) is 5.60. The van der Waals surface area contributed by atoms with Crippen LogP contribution in [0.5, 0.6) is 0 Å². The molecule has 1 aromatic heterocycles. The van der Waals surface area contributed by atoms with Crippen molar-refractivity contribution in [3.05, 3.63) is 64.9 Å². The molecule has 1 saturated heterocycles. The van der Waals surface area contributed by atoms with E-state index in [2.05, 4.69) is 14.7 Å². The lowest BCUT2D eigenvalue weighted by Crippen LogP contribution is -2.55. The minimum atomic E-state index is -0.732. The molecule has 1 aliphatic heterocycles. The lowest BCUT2D eigenvalue weighted by atomic mass is 9.75. The number of nitrogens with zero attached hydrogens (tertiary/aromatic N) is 5. The van der Waals surface area contributed by atoms with Crippen LogP contribution in [-0.4, -0.2) is 21.5 Å². The highest BCUT2D eigenvalue weighted by Gasteiger charge is 2.59. The fourth-order valence-corrected chi connectivity index (χ4v) is 4.19. The van der Waals surface area contributed by atoms with Gasteiger partial charge in [-0.05, 0) is 56.1 Å². The lowest BCUT2D eigenvalue weighted by Gasteiger charge is -2.43. The van der Waals surface area contributed by atoms with Gasteiger partial charge >= 0.3 is 0 Å². The number of thiocarbonyl (C=S) groups is 1. The fourth-order valence-electron chi connectivity index (χ4n) is 3.72. The van der Waals surface area contributed by atoms with Crippen LogP contribution in [0.1, 0.15) is 24.8 Å². The summed E-state index contributed by atoms with van der Waals surface area (Å²) < 4.78 is 0. The molecule has 27 heavy (non-hydrogen) atoms. The maximum Gasteiger partial charge on any atom is 0.272 e. The summed E-state index contributed by atoms with van der Waals surface area (Å²) in [5.74, 6) is 0.222. The van der Waals surface area contributed by atoms with Crippen LogP contribution in [0, 0.1) is 20.1 Å². The van der Waals surface area contributed by atoms with Crippen molar-refractivity contribution in [2.75, 3.05) is 9.80 Å². The molecular formula is C20H15N5OS. The Hall–Kier alpha value is -3.29. The molecule has 2 heterocycles. The van der Waals surface area contributed by atoms with Crippen LogP contribution in [0.4, 0.5) is 22.9 Å². The van der Waals surface area contributed by atoms with Crippen LogP contribution in [0.2, 0.25) is 0 Å². The van der Waals surface area contributed by atoms with Crippen molar-refractivity contribution >= 4 is 46.1 Å². The van der Waals surface area contributed by atoms with Gasteiger partial charge in [0.1, 0.15) is 11.7 Å². The third kappa shape index (κ3) is 2.33. The Morgan fingerprint density at radius 3 is 2.56 bits per heavy atom. The van der Waals surface area contributed by atoms with E-state index in [1.54, 1.807) is 25.1 Å². The molecule has 7 heteroatoms. The number of pyridine rings is 1. The number of aryl methyl sites for hydroxylation is 1. The molecule has 2 fully saturated rings. The molecule has 0 radical (unpaired) electrons. The maximum atomic E-state index is 13.4. The van der Waals surface area contributed by atoms with Gasteiger partial charge in [0.25, 0.3) is 11.7 Å². The van der Waals surface area contributed by atoms with Crippen molar-refractivity contribution in [3.63, 3.8) is 0 Å². The topological polar surface area (TPSA) is 45.2 Å². The molecule has 0 N–H and O–H groups in total. The zero-order valence-corrected chi connectivity index (χ0v) is 15.5. The van der Waals surface area contributed by atoms with Gasteiger partial charge in [-0.25, -0.2) is 4.85 Å². The molecule has 1 spiro atoms. The smallest absolute Gasteiger partial charge is 0.272 e. The first-order chi connectivity index (χ1) is 13.0. The van der Waals surface area contributed by atoms with Crippen LogP contribution in [0.15, 0.2) is 36.5 Å². The normalized spacial score (nSPS) is 17.6. The van der Waals surface area contributed by atoms with Crippen LogP contribution in [-0.2, 0) is 4.79 Å². The average Bonchev–Trinajstić information content (AvgIpc) is 2.88. The van der Waals surface area contributed by atoms with Gasteiger partial charge in [-0.15, -0.1) is 4.98 Å². The number of rotatable bonds is 2. The van der Waals surface area contributed by atoms with Gasteiger partial charge in [-0.3, -0.25) is 9.69 Å². The van der Waals surface area contributed by atoms with Crippen LogP contribution < -0.4 is 9.80 Å². The second kappa shape index (κ2) is 6.15. The van der Waals surface area contributed by atoms with Gasteiger partial charge < -0.3 is 9.74 Å². The van der Waals surface area contributed by atoms with Crippen LogP contribution in [0.3, 0.4) is 0 Å². The fraction of sp³-hybridized carbons (Fsp3) is 0.250. The highest BCUT2D eigenvalue weighted by Crippen LogP contribution is 2.49. The number of carbonyl (C=O) groups is 1. The van der Waals surface area contributed by atoms with Crippen molar-refractivity contribution in [1.29, 1.82) is 0 Å². The van der Waals surface area contributed by atoms with E-state index >= 15 is 0 Å². The number of amides is 1. The molecule has 0 atom stereocenters. The number of benzene rings is 1. The predicted octanol–water partition coefficient (Wildman–Crippen LogP) is 4.55. The summed E-state index contributed by atoms with van der Waals surface area (Å²) in [5.41, 5.74) is 1.66. The number of anilines is 2. The quantitative estimate of drug-likeness (QED) is 0.572. The van der Waals surface area contributed by atoms with Gasteiger partial charge in [0.05, 0.1) is 17.9 Å². The van der Waals surface area contributed by atoms with E-state index in [1.165, 1.54) is 11.1 Å². The number of hydrogen-bond donors (Lipinski definition) is 0.